The third-order valence-electron chi connectivity index (χ3n) is 5.34. The Labute approximate surface area is 160 Å². The summed E-state index contributed by atoms with van der Waals surface area (Å²) in [7, 11) is 0. The average molecular weight is 365 g/mol. The highest BCUT2D eigenvalue weighted by Crippen LogP contribution is 2.21. The number of rotatable bonds is 5. The second-order valence-corrected chi connectivity index (χ2v) is 7.29. The van der Waals surface area contributed by atoms with Crippen molar-refractivity contribution in [3.8, 4) is 0 Å². The van der Waals surface area contributed by atoms with Gasteiger partial charge in [0.05, 0.1) is 0 Å². The second-order valence-electron chi connectivity index (χ2n) is 7.29. The third-order valence-corrected chi connectivity index (χ3v) is 5.34. The zero-order valence-electron chi connectivity index (χ0n) is 15.6. The van der Waals surface area contributed by atoms with E-state index in [0.29, 0.717) is 6.61 Å². The zero-order chi connectivity index (χ0) is 18.5. The number of carbonyl (C=O) groups is 1. The second kappa shape index (κ2) is 8.55. The molecule has 2 saturated heterocycles. The predicted octanol–water partition coefficient (Wildman–Crippen LogP) is 3.13. The molecule has 2 aromatic carbocycles. The van der Waals surface area contributed by atoms with E-state index >= 15 is 0 Å². The lowest BCUT2D eigenvalue weighted by atomic mass is 10.2. The number of piperazine rings is 1. The zero-order valence-corrected chi connectivity index (χ0v) is 15.6. The van der Waals surface area contributed by atoms with Crippen molar-refractivity contribution in [2.45, 2.75) is 25.5 Å². The van der Waals surface area contributed by atoms with E-state index in [1.165, 1.54) is 11.3 Å². The molecular weight excluding hydrogens is 338 g/mol. The van der Waals surface area contributed by atoms with Crippen molar-refractivity contribution in [1.82, 2.24) is 4.90 Å². The van der Waals surface area contributed by atoms with Gasteiger partial charge in [0.15, 0.2) is 0 Å². The molecule has 142 valence electrons. The number of hydrogen-bond acceptors (Lipinski definition) is 4. The predicted molar refractivity (Wildman–Crippen MR) is 108 cm³/mol. The molecule has 2 aromatic rings. The molecular formula is C22H27N3O2. The molecule has 1 atom stereocenters. The molecule has 2 aliphatic heterocycles. The number of nitrogens with zero attached hydrogens (tertiary/aromatic N) is 2. The van der Waals surface area contributed by atoms with Gasteiger partial charge < -0.3 is 15.0 Å². The van der Waals surface area contributed by atoms with Crippen LogP contribution in [-0.2, 0) is 16.1 Å². The monoisotopic (exact) mass is 365 g/mol. The van der Waals surface area contributed by atoms with Gasteiger partial charge in [-0.1, -0.05) is 30.3 Å². The quantitative estimate of drug-likeness (QED) is 0.884. The van der Waals surface area contributed by atoms with Crippen LogP contribution in [0, 0.1) is 0 Å². The van der Waals surface area contributed by atoms with E-state index in [1.807, 2.05) is 12.1 Å². The molecule has 0 radical (unpaired) electrons. The van der Waals surface area contributed by atoms with Crippen LogP contribution in [0.15, 0.2) is 54.6 Å². The number of amides is 1. The van der Waals surface area contributed by atoms with Crippen LogP contribution in [0.5, 0.6) is 0 Å². The smallest absolute Gasteiger partial charge is 0.253 e. The summed E-state index contributed by atoms with van der Waals surface area (Å²) in [4.78, 5) is 17.0. The van der Waals surface area contributed by atoms with Gasteiger partial charge in [-0.3, -0.25) is 9.69 Å². The van der Waals surface area contributed by atoms with Gasteiger partial charge in [0.2, 0.25) is 0 Å². The molecule has 4 rings (SSSR count). The van der Waals surface area contributed by atoms with Gasteiger partial charge in [-0.15, -0.1) is 0 Å². The van der Waals surface area contributed by atoms with E-state index < -0.39 is 0 Å². The maximum Gasteiger partial charge on any atom is 0.253 e. The topological polar surface area (TPSA) is 44.8 Å². The molecule has 5 nitrogen and oxygen atoms in total. The van der Waals surface area contributed by atoms with E-state index in [-0.39, 0.29) is 12.0 Å². The van der Waals surface area contributed by atoms with Crippen molar-refractivity contribution < 1.29 is 9.53 Å². The van der Waals surface area contributed by atoms with E-state index in [9.17, 15) is 4.79 Å². The van der Waals surface area contributed by atoms with E-state index in [4.69, 9.17) is 4.74 Å². The lowest BCUT2D eigenvalue weighted by Gasteiger charge is -2.36. The Morgan fingerprint density at radius 3 is 2.41 bits per heavy atom. The number of nitrogens with one attached hydrogen (secondary N) is 1. The van der Waals surface area contributed by atoms with Crippen LogP contribution in [-0.4, -0.2) is 49.7 Å². The lowest BCUT2D eigenvalue weighted by Crippen LogP contribution is -2.45. The summed E-state index contributed by atoms with van der Waals surface area (Å²) in [5.41, 5.74) is 3.42. The molecule has 1 amide bonds. The molecule has 1 N–H and O–H groups in total. The molecule has 0 aliphatic carbocycles. The number of carbonyl (C=O) groups excluding carboxylic acids is 1. The van der Waals surface area contributed by atoms with Gasteiger partial charge in [0, 0.05) is 50.7 Å². The molecule has 2 fully saturated rings. The molecule has 5 heteroatoms. The standard InChI is InChI=1S/C22H27N3O2/c26-22(21-7-4-16-27-21)23-19-8-10-20(11-9-19)25-14-12-24(13-15-25)17-18-5-2-1-3-6-18/h1-3,5-6,8-11,21H,4,7,12-17H2,(H,23,26). The minimum absolute atomic E-state index is 0.0326. The van der Waals surface area contributed by atoms with Gasteiger partial charge in [0.25, 0.3) is 5.91 Å². The Morgan fingerprint density at radius 1 is 1.00 bits per heavy atom. The van der Waals surface area contributed by atoms with Crippen LogP contribution in [0.4, 0.5) is 11.4 Å². The molecule has 2 heterocycles. The molecule has 0 aromatic heterocycles. The van der Waals surface area contributed by atoms with Gasteiger partial charge in [-0.05, 0) is 42.7 Å². The fourth-order valence-corrected chi connectivity index (χ4v) is 3.77. The SMILES string of the molecule is O=C(Nc1ccc(N2CCN(Cc3ccccc3)CC2)cc1)C1CCCO1. The van der Waals surface area contributed by atoms with Crippen molar-refractivity contribution in [2.24, 2.45) is 0 Å². The molecule has 27 heavy (non-hydrogen) atoms. The van der Waals surface area contributed by atoms with Gasteiger partial charge in [-0.2, -0.15) is 0 Å². The first-order valence-corrected chi connectivity index (χ1v) is 9.82. The number of anilines is 2. The molecule has 0 spiro atoms. The van der Waals surface area contributed by atoms with E-state index in [2.05, 4.69) is 57.6 Å². The largest absolute Gasteiger partial charge is 0.369 e. The van der Waals surface area contributed by atoms with Gasteiger partial charge in [0.1, 0.15) is 6.10 Å². The Bertz CT molecular complexity index is 734. The first-order valence-electron chi connectivity index (χ1n) is 9.82. The van der Waals surface area contributed by atoms with Crippen LogP contribution in [0.3, 0.4) is 0 Å². The summed E-state index contributed by atoms with van der Waals surface area (Å²) in [5, 5.41) is 2.96. The Hall–Kier alpha value is -2.37. The first kappa shape index (κ1) is 18.0. The first-order chi connectivity index (χ1) is 13.3. The molecule has 0 bridgehead atoms. The van der Waals surface area contributed by atoms with Gasteiger partial charge in [-0.25, -0.2) is 0 Å². The Balaban J connectivity index is 1.27. The van der Waals surface area contributed by atoms with Crippen LogP contribution in [0.2, 0.25) is 0 Å². The molecule has 2 aliphatic rings. The van der Waals surface area contributed by atoms with Crippen LogP contribution in [0.25, 0.3) is 0 Å². The van der Waals surface area contributed by atoms with Crippen molar-refractivity contribution in [2.75, 3.05) is 43.0 Å². The van der Waals surface area contributed by atoms with Crippen molar-refractivity contribution in [3.63, 3.8) is 0 Å². The maximum absolute atomic E-state index is 12.1. The summed E-state index contributed by atoms with van der Waals surface area (Å²) in [5.74, 6) is -0.0326. The fraction of sp³-hybridized carbons (Fsp3) is 0.409. The highest BCUT2D eigenvalue weighted by molar-refractivity contribution is 5.94. The lowest BCUT2D eigenvalue weighted by molar-refractivity contribution is -0.124. The van der Waals surface area contributed by atoms with Crippen molar-refractivity contribution in [1.29, 1.82) is 0 Å². The summed E-state index contributed by atoms with van der Waals surface area (Å²) < 4.78 is 5.43. The van der Waals surface area contributed by atoms with Crippen LogP contribution >= 0.6 is 0 Å². The maximum atomic E-state index is 12.1. The van der Waals surface area contributed by atoms with E-state index in [1.54, 1.807) is 0 Å². The molecule has 1 unspecified atom stereocenters. The highest BCUT2D eigenvalue weighted by atomic mass is 16.5. The van der Waals surface area contributed by atoms with Crippen LogP contribution in [0.1, 0.15) is 18.4 Å². The van der Waals surface area contributed by atoms with Crippen molar-refractivity contribution >= 4 is 17.3 Å². The van der Waals surface area contributed by atoms with Gasteiger partial charge >= 0.3 is 0 Å². The number of hydrogen-bond donors (Lipinski definition) is 1. The fourth-order valence-electron chi connectivity index (χ4n) is 3.77. The summed E-state index contributed by atoms with van der Waals surface area (Å²) in [6.45, 7) is 5.87. The van der Waals surface area contributed by atoms with Crippen LogP contribution < -0.4 is 10.2 Å². The normalized spacial score (nSPS) is 20.6. The summed E-state index contributed by atoms with van der Waals surface area (Å²) >= 11 is 0. The average Bonchev–Trinajstić information content (AvgIpc) is 3.25. The summed E-state index contributed by atoms with van der Waals surface area (Å²) in [6, 6.07) is 18.8. The molecule has 0 saturated carbocycles. The number of ether oxygens (including phenoxy) is 1. The minimum Gasteiger partial charge on any atom is -0.369 e. The van der Waals surface area contributed by atoms with E-state index in [0.717, 1.165) is 51.3 Å². The summed E-state index contributed by atoms with van der Waals surface area (Å²) in [6.07, 6.45) is 1.49. The third kappa shape index (κ3) is 4.67. The Kier molecular flexibility index (Phi) is 5.70. The number of benzene rings is 2. The minimum atomic E-state index is -0.289. The highest BCUT2D eigenvalue weighted by Gasteiger charge is 2.23. The Morgan fingerprint density at radius 2 is 1.74 bits per heavy atom. The van der Waals surface area contributed by atoms with Crippen molar-refractivity contribution in [3.05, 3.63) is 60.2 Å².